The zero-order valence-corrected chi connectivity index (χ0v) is 9.00. The average Bonchev–Trinajstić information content (AvgIpc) is 2.04. The van der Waals surface area contributed by atoms with E-state index in [9.17, 15) is 0 Å². The van der Waals surface area contributed by atoms with Crippen LogP contribution in [0.1, 0.15) is 5.69 Å². The molecule has 0 amide bonds. The number of nitrogens with zero attached hydrogens (tertiary/aromatic N) is 1. The van der Waals surface area contributed by atoms with Crippen molar-refractivity contribution in [2.45, 2.75) is 6.92 Å². The van der Waals surface area contributed by atoms with Gasteiger partial charge in [0.25, 0.3) is 0 Å². The summed E-state index contributed by atoms with van der Waals surface area (Å²) in [5, 5.41) is 2.47. The molecule has 1 aromatic heterocycles. The van der Waals surface area contributed by atoms with Gasteiger partial charge in [-0.1, -0.05) is 24.3 Å². The van der Waals surface area contributed by atoms with Gasteiger partial charge in [0.15, 0.2) is 0 Å². The molecule has 2 aromatic rings. The smallest absolute Gasteiger partial charge is 0.0379 e. The first-order chi connectivity index (χ1) is 5.36. The van der Waals surface area contributed by atoms with Gasteiger partial charge in [-0.25, -0.2) is 0 Å². The molecule has 0 spiro atoms. The van der Waals surface area contributed by atoms with Crippen LogP contribution in [0.2, 0.25) is 0 Å². The predicted molar refractivity (Wildman–Crippen MR) is 46.5 cm³/mol. The zero-order valence-electron chi connectivity index (χ0n) is 6.73. The fraction of sp³-hybridized carbons (Fsp3) is 0.100. The molecule has 1 aromatic carbocycles. The fourth-order valence-corrected chi connectivity index (χ4v) is 1.19. The van der Waals surface area contributed by atoms with Crippen molar-refractivity contribution in [2.75, 3.05) is 0 Å². The largest absolute Gasteiger partial charge is 0.261 e. The van der Waals surface area contributed by atoms with Crippen molar-refractivity contribution in [2.24, 2.45) is 0 Å². The van der Waals surface area contributed by atoms with Crippen LogP contribution in [0.25, 0.3) is 10.8 Å². The van der Waals surface area contributed by atoms with E-state index in [-0.39, 0.29) is 21.1 Å². The molecule has 12 heavy (non-hydrogen) atoms. The number of pyridine rings is 1. The third-order valence-electron chi connectivity index (χ3n) is 1.77. The molecule has 0 bridgehead atoms. The molecule has 0 aliphatic carbocycles. The quantitative estimate of drug-likeness (QED) is 0.719. The van der Waals surface area contributed by atoms with Crippen LogP contribution in [-0.2, 0) is 21.1 Å². The molecule has 0 aliphatic heterocycles. The summed E-state index contributed by atoms with van der Waals surface area (Å²) >= 11 is 0. The van der Waals surface area contributed by atoms with E-state index < -0.39 is 0 Å². The van der Waals surface area contributed by atoms with Crippen LogP contribution < -0.4 is 0 Å². The summed E-state index contributed by atoms with van der Waals surface area (Å²) in [5.41, 5.74) is 1.07. The monoisotopic (exact) mass is 338 g/mol. The molecule has 0 fully saturated rings. The second-order valence-corrected chi connectivity index (χ2v) is 2.67. The molecule has 2 rings (SSSR count). The average molecular weight is 338 g/mol. The number of hydrogen-bond acceptors (Lipinski definition) is 1. The summed E-state index contributed by atoms with van der Waals surface area (Å²) in [6, 6.07) is 10.3. The molecule has 64 valence electrons. The zero-order chi connectivity index (χ0) is 7.68. The third kappa shape index (κ3) is 1.73. The van der Waals surface area contributed by atoms with Crippen LogP contribution in [0.4, 0.5) is 0 Å². The number of hydrogen-bond donors (Lipinski definition) is 0. The van der Waals surface area contributed by atoms with E-state index in [0.29, 0.717) is 0 Å². The van der Waals surface area contributed by atoms with E-state index in [4.69, 9.17) is 0 Å². The topological polar surface area (TPSA) is 12.9 Å². The Morgan fingerprint density at radius 3 is 2.50 bits per heavy atom. The van der Waals surface area contributed by atoms with Crippen molar-refractivity contribution in [1.82, 2.24) is 4.98 Å². The van der Waals surface area contributed by atoms with Crippen LogP contribution in [0, 0.1) is 6.92 Å². The Balaban J connectivity index is 0.000000720. The fourth-order valence-electron chi connectivity index (χ4n) is 1.19. The first kappa shape index (κ1) is 9.41. The van der Waals surface area contributed by atoms with E-state index in [0.717, 1.165) is 5.69 Å². The number of benzene rings is 1. The van der Waals surface area contributed by atoms with Crippen LogP contribution in [0.5, 0.6) is 0 Å². The van der Waals surface area contributed by atoms with E-state index in [2.05, 4.69) is 23.2 Å². The summed E-state index contributed by atoms with van der Waals surface area (Å²) in [4.78, 5) is 4.21. The van der Waals surface area contributed by atoms with Crippen LogP contribution in [-0.4, -0.2) is 4.98 Å². The van der Waals surface area contributed by atoms with Gasteiger partial charge in [-0.2, -0.15) is 0 Å². The Kier molecular flexibility index (Phi) is 2.99. The van der Waals surface area contributed by atoms with Crippen LogP contribution in [0.3, 0.4) is 0 Å². The molecular formula is C10H9NPt. The van der Waals surface area contributed by atoms with Crippen molar-refractivity contribution in [3.63, 3.8) is 0 Å². The van der Waals surface area contributed by atoms with Crippen molar-refractivity contribution in [3.8, 4) is 0 Å². The van der Waals surface area contributed by atoms with E-state index in [1.54, 1.807) is 0 Å². The minimum absolute atomic E-state index is 0. The van der Waals surface area contributed by atoms with Gasteiger partial charge < -0.3 is 0 Å². The Hall–Kier alpha value is -0.682. The third-order valence-corrected chi connectivity index (χ3v) is 1.77. The van der Waals surface area contributed by atoms with E-state index in [1.807, 2.05) is 25.3 Å². The molecule has 0 saturated carbocycles. The minimum atomic E-state index is 0. The maximum Gasteiger partial charge on any atom is 0.0379 e. The Labute approximate surface area is 86.1 Å². The van der Waals surface area contributed by atoms with Gasteiger partial charge in [0, 0.05) is 38.3 Å². The van der Waals surface area contributed by atoms with Gasteiger partial charge in [0.05, 0.1) is 0 Å². The van der Waals surface area contributed by atoms with Crippen LogP contribution >= 0.6 is 0 Å². The summed E-state index contributed by atoms with van der Waals surface area (Å²) in [5.74, 6) is 0. The minimum Gasteiger partial charge on any atom is -0.261 e. The second-order valence-electron chi connectivity index (χ2n) is 2.67. The SMILES string of the molecule is Cc1cc2ccccc2cn1.[Pt]. The number of fused-ring (bicyclic) bond motifs is 1. The molecule has 0 atom stereocenters. The molecule has 1 heterocycles. The summed E-state index contributed by atoms with van der Waals surface area (Å²) < 4.78 is 0. The molecule has 0 unspecified atom stereocenters. The molecular weight excluding hydrogens is 329 g/mol. The van der Waals surface area contributed by atoms with Gasteiger partial charge in [0.2, 0.25) is 0 Å². The van der Waals surface area contributed by atoms with Gasteiger partial charge in [-0.15, -0.1) is 0 Å². The standard InChI is InChI=1S/C10H9N.Pt/c1-8-6-9-4-2-3-5-10(9)7-11-8;/h2-7H,1H3;. The van der Waals surface area contributed by atoms with Crippen molar-refractivity contribution >= 4 is 10.8 Å². The van der Waals surface area contributed by atoms with Crippen molar-refractivity contribution in [3.05, 3.63) is 42.2 Å². The maximum absolute atomic E-state index is 4.21. The summed E-state index contributed by atoms with van der Waals surface area (Å²) in [6.45, 7) is 2.01. The Morgan fingerprint density at radius 1 is 1.08 bits per heavy atom. The molecule has 2 heteroatoms. The normalized spacial score (nSPS) is 9.42. The molecule has 0 aliphatic rings. The Bertz CT molecular complexity index is 384. The van der Waals surface area contributed by atoms with Gasteiger partial charge >= 0.3 is 0 Å². The second kappa shape index (κ2) is 3.82. The number of aryl methyl sites for hydroxylation is 1. The van der Waals surface area contributed by atoms with E-state index in [1.165, 1.54) is 10.8 Å². The Morgan fingerprint density at radius 2 is 1.75 bits per heavy atom. The number of aromatic nitrogens is 1. The van der Waals surface area contributed by atoms with Crippen molar-refractivity contribution < 1.29 is 21.1 Å². The molecule has 0 saturated heterocycles. The molecule has 0 N–H and O–H groups in total. The van der Waals surface area contributed by atoms with Gasteiger partial charge in [-0.05, 0) is 18.4 Å². The molecule has 1 nitrogen and oxygen atoms in total. The maximum atomic E-state index is 4.21. The van der Waals surface area contributed by atoms with Gasteiger partial charge in [-0.3, -0.25) is 4.98 Å². The number of rotatable bonds is 0. The first-order valence-corrected chi connectivity index (χ1v) is 3.68. The summed E-state index contributed by atoms with van der Waals surface area (Å²) in [6.07, 6.45) is 1.91. The first-order valence-electron chi connectivity index (χ1n) is 3.68. The summed E-state index contributed by atoms with van der Waals surface area (Å²) in [7, 11) is 0. The van der Waals surface area contributed by atoms with Crippen LogP contribution in [0.15, 0.2) is 36.5 Å². The van der Waals surface area contributed by atoms with E-state index >= 15 is 0 Å². The van der Waals surface area contributed by atoms with Crippen molar-refractivity contribution in [1.29, 1.82) is 0 Å². The predicted octanol–water partition coefficient (Wildman–Crippen LogP) is 2.54. The molecule has 0 radical (unpaired) electrons. The van der Waals surface area contributed by atoms with Gasteiger partial charge in [0.1, 0.15) is 0 Å².